The van der Waals surface area contributed by atoms with Crippen LogP contribution in [0.2, 0.25) is 0 Å². The largest absolute Gasteiger partial charge is 0.351 e. The molecule has 0 spiro atoms. The Bertz CT molecular complexity index is 1040. The van der Waals surface area contributed by atoms with Gasteiger partial charge in [-0.15, -0.1) is 0 Å². The summed E-state index contributed by atoms with van der Waals surface area (Å²) in [7, 11) is 0. The summed E-state index contributed by atoms with van der Waals surface area (Å²) in [5.74, 6) is -2.42. The van der Waals surface area contributed by atoms with Gasteiger partial charge in [0.25, 0.3) is 11.8 Å². The van der Waals surface area contributed by atoms with Gasteiger partial charge in [0, 0.05) is 37.5 Å². The van der Waals surface area contributed by atoms with Gasteiger partial charge in [0.1, 0.15) is 5.70 Å². The number of imide groups is 1. The van der Waals surface area contributed by atoms with E-state index in [0.717, 1.165) is 12.8 Å². The average molecular weight is 404 g/mol. The third-order valence-electron chi connectivity index (χ3n) is 5.09. The molecule has 0 aromatic carbocycles. The Hall–Kier alpha value is -3.31. The molecule has 152 valence electrons. The minimum absolute atomic E-state index is 0.0828. The van der Waals surface area contributed by atoms with E-state index in [9.17, 15) is 18.4 Å². The minimum Gasteiger partial charge on any atom is -0.351 e. The Kier molecular flexibility index (Phi) is 3.89. The average Bonchev–Trinajstić information content (AvgIpc) is 3.30. The SMILES string of the molecule is O=C1NC(=O)/C(=C/c2cnn3c(NC4CC4)nc(N4CCC(F)(F)CC4)nc23)N1. The van der Waals surface area contributed by atoms with Gasteiger partial charge >= 0.3 is 6.03 Å². The third kappa shape index (κ3) is 3.45. The number of carbonyl (C=O) groups excluding carboxylic acids is 2. The molecule has 2 aromatic rings. The quantitative estimate of drug-likeness (QED) is 0.516. The number of halogens is 2. The number of hydrogen-bond acceptors (Lipinski definition) is 7. The number of piperidine rings is 1. The fourth-order valence-corrected chi connectivity index (χ4v) is 3.30. The van der Waals surface area contributed by atoms with Gasteiger partial charge in [-0.05, 0) is 18.9 Å². The molecule has 4 heterocycles. The van der Waals surface area contributed by atoms with E-state index in [1.807, 2.05) is 0 Å². The molecule has 0 unspecified atom stereocenters. The number of amides is 3. The van der Waals surface area contributed by atoms with Crippen LogP contribution in [0.3, 0.4) is 0 Å². The van der Waals surface area contributed by atoms with Crippen LogP contribution in [0.25, 0.3) is 11.7 Å². The lowest BCUT2D eigenvalue weighted by Gasteiger charge is -2.31. The molecular weight excluding hydrogens is 386 g/mol. The van der Waals surface area contributed by atoms with Gasteiger partial charge in [0.2, 0.25) is 11.9 Å². The van der Waals surface area contributed by atoms with Gasteiger partial charge in [-0.25, -0.2) is 13.6 Å². The van der Waals surface area contributed by atoms with Crippen LogP contribution in [-0.4, -0.2) is 56.6 Å². The summed E-state index contributed by atoms with van der Waals surface area (Å²) in [6.45, 7) is 0.296. The van der Waals surface area contributed by atoms with Crippen molar-refractivity contribution < 1.29 is 18.4 Å². The fraction of sp³-hybridized carbons (Fsp3) is 0.471. The molecule has 0 atom stereocenters. The second-order valence-corrected chi connectivity index (χ2v) is 7.41. The van der Waals surface area contributed by atoms with Crippen LogP contribution in [0.5, 0.6) is 0 Å². The van der Waals surface area contributed by atoms with Crippen LogP contribution in [0.15, 0.2) is 11.9 Å². The van der Waals surface area contributed by atoms with Crippen LogP contribution in [-0.2, 0) is 4.79 Å². The zero-order valence-electron chi connectivity index (χ0n) is 15.3. The lowest BCUT2D eigenvalue weighted by Crippen LogP contribution is -2.40. The van der Waals surface area contributed by atoms with Gasteiger partial charge in [-0.1, -0.05) is 0 Å². The van der Waals surface area contributed by atoms with Crippen molar-refractivity contribution in [2.75, 3.05) is 23.3 Å². The van der Waals surface area contributed by atoms with E-state index in [0.29, 0.717) is 23.1 Å². The molecule has 5 rings (SSSR count). The first-order valence-electron chi connectivity index (χ1n) is 9.37. The van der Waals surface area contributed by atoms with Gasteiger partial charge in [-0.2, -0.15) is 19.6 Å². The third-order valence-corrected chi connectivity index (χ3v) is 5.09. The number of urea groups is 1. The van der Waals surface area contributed by atoms with Gasteiger partial charge in [0.05, 0.1) is 6.20 Å². The Morgan fingerprint density at radius 1 is 1.17 bits per heavy atom. The number of aromatic nitrogens is 4. The topological polar surface area (TPSA) is 117 Å². The second kappa shape index (κ2) is 6.36. The predicted molar refractivity (Wildman–Crippen MR) is 98.5 cm³/mol. The minimum atomic E-state index is -2.67. The van der Waals surface area contributed by atoms with Crippen LogP contribution >= 0.6 is 0 Å². The smallest absolute Gasteiger partial charge is 0.326 e. The second-order valence-electron chi connectivity index (χ2n) is 7.41. The summed E-state index contributed by atoms with van der Waals surface area (Å²) in [6.07, 6.45) is 4.51. The number of rotatable bonds is 4. The normalized spacial score (nSPS) is 22.8. The molecule has 10 nitrogen and oxygen atoms in total. The maximum Gasteiger partial charge on any atom is 0.326 e. The van der Waals surface area contributed by atoms with E-state index in [1.165, 1.54) is 16.8 Å². The lowest BCUT2D eigenvalue weighted by molar-refractivity contribution is -0.115. The number of alkyl halides is 2. The molecule has 0 bridgehead atoms. The Morgan fingerprint density at radius 3 is 2.59 bits per heavy atom. The number of nitrogens with one attached hydrogen (secondary N) is 3. The van der Waals surface area contributed by atoms with E-state index in [1.54, 1.807) is 4.90 Å². The van der Waals surface area contributed by atoms with E-state index in [2.05, 4.69) is 31.0 Å². The van der Waals surface area contributed by atoms with Crippen molar-refractivity contribution in [3.8, 4) is 0 Å². The molecular formula is C17H18F2N8O2. The van der Waals surface area contributed by atoms with Crippen molar-refractivity contribution in [3.63, 3.8) is 0 Å². The Labute approximate surface area is 163 Å². The highest BCUT2D eigenvalue weighted by Crippen LogP contribution is 2.31. The van der Waals surface area contributed by atoms with E-state index in [-0.39, 0.29) is 37.7 Å². The first-order valence-corrected chi connectivity index (χ1v) is 9.37. The maximum absolute atomic E-state index is 13.5. The molecule has 1 saturated carbocycles. The molecule has 0 radical (unpaired) electrons. The lowest BCUT2D eigenvalue weighted by atomic mass is 10.1. The molecule has 2 saturated heterocycles. The number of nitrogens with zero attached hydrogens (tertiary/aromatic N) is 5. The van der Waals surface area contributed by atoms with Crippen LogP contribution in [0, 0.1) is 0 Å². The number of hydrogen-bond donors (Lipinski definition) is 3. The molecule has 3 amide bonds. The van der Waals surface area contributed by atoms with E-state index in [4.69, 9.17) is 0 Å². The summed E-state index contributed by atoms with van der Waals surface area (Å²) < 4.78 is 28.6. The van der Waals surface area contributed by atoms with E-state index >= 15 is 0 Å². The predicted octanol–water partition coefficient (Wildman–Crippen LogP) is 1.11. The summed E-state index contributed by atoms with van der Waals surface area (Å²) in [5, 5.41) is 12.1. The number of anilines is 2. The number of fused-ring (bicyclic) bond motifs is 1. The summed E-state index contributed by atoms with van der Waals surface area (Å²) >= 11 is 0. The molecule has 2 aromatic heterocycles. The zero-order valence-corrected chi connectivity index (χ0v) is 15.3. The van der Waals surface area contributed by atoms with Crippen LogP contribution in [0.4, 0.5) is 25.5 Å². The molecule has 29 heavy (non-hydrogen) atoms. The van der Waals surface area contributed by atoms with Crippen molar-refractivity contribution in [2.45, 2.75) is 37.6 Å². The Balaban J connectivity index is 1.55. The zero-order chi connectivity index (χ0) is 20.2. The fourth-order valence-electron chi connectivity index (χ4n) is 3.30. The van der Waals surface area contributed by atoms with Gasteiger partial charge in [0.15, 0.2) is 5.65 Å². The Morgan fingerprint density at radius 2 is 1.93 bits per heavy atom. The molecule has 3 N–H and O–H groups in total. The van der Waals surface area contributed by atoms with Crippen molar-refractivity contribution >= 4 is 35.6 Å². The monoisotopic (exact) mass is 404 g/mol. The van der Waals surface area contributed by atoms with Crippen molar-refractivity contribution in [1.82, 2.24) is 30.2 Å². The maximum atomic E-state index is 13.5. The summed E-state index contributed by atoms with van der Waals surface area (Å²) in [4.78, 5) is 33.9. The highest BCUT2D eigenvalue weighted by molar-refractivity contribution is 6.14. The molecule has 12 heteroatoms. The highest BCUT2D eigenvalue weighted by Gasteiger charge is 2.35. The molecule has 3 aliphatic rings. The van der Waals surface area contributed by atoms with Gasteiger partial charge < -0.3 is 15.5 Å². The van der Waals surface area contributed by atoms with Crippen LogP contribution in [0.1, 0.15) is 31.2 Å². The molecule has 2 aliphatic heterocycles. The van der Waals surface area contributed by atoms with Crippen LogP contribution < -0.4 is 20.9 Å². The van der Waals surface area contributed by atoms with E-state index < -0.39 is 17.9 Å². The highest BCUT2D eigenvalue weighted by atomic mass is 19.3. The molecule has 3 fully saturated rings. The van der Waals surface area contributed by atoms with Crippen molar-refractivity contribution in [2.24, 2.45) is 0 Å². The summed E-state index contributed by atoms with van der Waals surface area (Å²) in [5.41, 5.74) is 0.999. The standard InChI is InChI=1S/C17H18F2N8O2/c18-17(19)3-5-26(6-4-17)14-23-12-9(7-11-13(28)24-16(29)22-11)8-20-27(12)15(25-14)21-10-1-2-10/h7-8,10H,1-6H2,(H,21,23,25)(H2,22,24,28,29)/b11-7-. The first-order chi connectivity index (χ1) is 13.9. The van der Waals surface area contributed by atoms with Crippen molar-refractivity contribution in [1.29, 1.82) is 0 Å². The molecule has 1 aliphatic carbocycles. The van der Waals surface area contributed by atoms with Gasteiger partial charge in [-0.3, -0.25) is 10.1 Å². The summed E-state index contributed by atoms with van der Waals surface area (Å²) in [6, 6.07) is -0.309. The first kappa shape index (κ1) is 17.8. The van der Waals surface area contributed by atoms with Crippen molar-refractivity contribution in [3.05, 3.63) is 17.5 Å². The number of carbonyl (C=O) groups is 2.